The Balaban J connectivity index is 1.87. The molecule has 4 heteroatoms. The second kappa shape index (κ2) is 15.2. The Morgan fingerprint density at radius 2 is 1.36 bits per heavy atom. The summed E-state index contributed by atoms with van der Waals surface area (Å²) in [6.07, 6.45) is 16.5. The standard InChI is InChI=1S/C21H38O4/c1-2-3-4-5-6-7-13-18-24-20(22)16-11-12-17-21(23)25-19-14-9-8-10-15-19/h19H,2-18H2,1H3. The first kappa shape index (κ1) is 22.0. The number of ether oxygens (including phenoxy) is 2. The second-order valence-corrected chi connectivity index (χ2v) is 7.30. The molecule has 1 aliphatic carbocycles. The number of carbonyl (C=O) groups excluding carboxylic acids is 2. The lowest BCUT2D eigenvalue weighted by Gasteiger charge is -2.21. The summed E-state index contributed by atoms with van der Waals surface area (Å²) in [5, 5.41) is 0. The van der Waals surface area contributed by atoms with Gasteiger partial charge in [-0.2, -0.15) is 0 Å². The van der Waals surface area contributed by atoms with Gasteiger partial charge in [0.05, 0.1) is 6.61 Å². The molecule has 0 aromatic carbocycles. The van der Waals surface area contributed by atoms with Crippen LogP contribution in [0.4, 0.5) is 0 Å². The van der Waals surface area contributed by atoms with E-state index in [2.05, 4.69) is 6.92 Å². The molecule has 0 unspecified atom stereocenters. The van der Waals surface area contributed by atoms with Crippen LogP contribution in [-0.2, 0) is 19.1 Å². The Bertz CT molecular complexity index is 348. The quantitative estimate of drug-likeness (QED) is 0.296. The van der Waals surface area contributed by atoms with Crippen molar-refractivity contribution in [2.24, 2.45) is 0 Å². The van der Waals surface area contributed by atoms with Crippen molar-refractivity contribution >= 4 is 11.9 Å². The summed E-state index contributed by atoms with van der Waals surface area (Å²) in [6.45, 7) is 2.76. The highest BCUT2D eigenvalue weighted by Crippen LogP contribution is 2.21. The van der Waals surface area contributed by atoms with Gasteiger partial charge in [0.25, 0.3) is 0 Å². The number of hydrogen-bond acceptors (Lipinski definition) is 4. The largest absolute Gasteiger partial charge is 0.466 e. The highest BCUT2D eigenvalue weighted by molar-refractivity contribution is 5.70. The van der Waals surface area contributed by atoms with Gasteiger partial charge in [-0.1, -0.05) is 51.9 Å². The molecule has 0 N–H and O–H groups in total. The SMILES string of the molecule is CCCCCCCCCOC(=O)CCCCC(=O)OC1CCCCC1. The molecule has 1 saturated carbocycles. The third kappa shape index (κ3) is 12.9. The molecule has 25 heavy (non-hydrogen) atoms. The summed E-state index contributed by atoms with van der Waals surface area (Å²) < 4.78 is 10.7. The molecule has 1 rings (SSSR count). The van der Waals surface area contributed by atoms with Crippen LogP contribution in [0.1, 0.15) is 110 Å². The maximum Gasteiger partial charge on any atom is 0.306 e. The van der Waals surface area contributed by atoms with Crippen molar-refractivity contribution in [3.05, 3.63) is 0 Å². The fourth-order valence-corrected chi connectivity index (χ4v) is 3.28. The molecule has 0 aliphatic heterocycles. The highest BCUT2D eigenvalue weighted by atomic mass is 16.5. The fraction of sp³-hybridized carbons (Fsp3) is 0.905. The molecule has 0 atom stereocenters. The zero-order valence-corrected chi connectivity index (χ0v) is 16.2. The normalized spacial score (nSPS) is 15.1. The van der Waals surface area contributed by atoms with E-state index in [0.717, 1.165) is 25.7 Å². The van der Waals surface area contributed by atoms with Gasteiger partial charge >= 0.3 is 11.9 Å². The van der Waals surface area contributed by atoms with E-state index in [1.165, 1.54) is 51.4 Å². The Hall–Kier alpha value is -1.06. The second-order valence-electron chi connectivity index (χ2n) is 7.30. The van der Waals surface area contributed by atoms with Crippen LogP contribution >= 0.6 is 0 Å². The minimum absolute atomic E-state index is 0.108. The zero-order valence-electron chi connectivity index (χ0n) is 16.2. The minimum Gasteiger partial charge on any atom is -0.466 e. The lowest BCUT2D eigenvalue weighted by atomic mass is 9.98. The van der Waals surface area contributed by atoms with Crippen molar-refractivity contribution in [2.45, 2.75) is 116 Å². The van der Waals surface area contributed by atoms with Crippen LogP contribution in [0.25, 0.3) is 0 Å². The molecular weight excluding hydrogens is 316 g/mol. The number of unbranched alkanes of at least 4 members (excludes halogenated alkanes) is 7. The van der Waals surface area contributed by atoms with Crippen molar-refractivity contribution in [2.75, 3.05) is 6.61 Å². The summed E-state index contributed by atoms with van der Waals surface area (Å²) >= 11 is 0. The summed E-state index contributed by atoms with van der Waals surface area (Å²) in [5.41, 5.74) is 0. The van der Waals surface area contributed by atoms with Crippen molar-refractivity contribution in [3.63, 3.8) is 0 Å². The molecule has 0 amide bonds. The molecule has 0 saturated heterocycles. The van der Waals surface area contributed by atoms with E-state index in [9.17, 15) is 9.59 Å². The van der Waals surface area contributed by atoms with Gasteiger partial charge in [0.15, 0.2) is 0 Å². The van der Waals surface area contributed by atoms with Crippen molar-refractivity contribution in [1.82, 2.24) is 0 Å². The molecular formula is C21H38O4. The van der Waals surface area contributed by atoms with Gasteiger partial charge in [-0.3, -0.25) is 9.59 Å². The summed E-state index contributed by atoms with van der Waals surface area (Å²) in [6, 6.07) is 0. The monoisotopic (exact) mass is 354 g/mol. The summed E-state index contributed by atoms with van der Waals surface area (Å²) in [5.74, 6) is -0.241. The lowest BCUT2D eigenvalue weighted by Crippen LogP contribution is -2.20. The van der Waals surface area contributed by atoms with E-state index in [0.29, 0.717) is 32.3 Å². The van der Waals surface area contributed by atoms with Crippen LogP contribution < -0.4 is 0 Å². The van der Waals surface area contributed by atoms with E-state index < -0.39 is 0 Å². The van der Waals surface area contributed by atoms with Gasteiger partial charge in [0, 0.05) is 12.8 Å². The number of rotatable bonds is 14. The van der Waals surface area contributed by atoms with Gasteiger partial charge in [0.1, 0.15) is 6.10 Å². The van der Waals surface area contributed by atoms with E-state index in [-0.39, 0.29) is 18.0 Å². The molecule has 0 bridgehead atoms. The molecule has 4 nitrogen and oxygen atoms in total. The molecule has 0 heterocycles. The summed E-state index contributed by atoms with van der Waals surface area (Å²) in [7, 11) is 0. The van der Waals surface area contributed by atoms with E-state index in [1.807, 2.05) is 0 Å². The number of carbonyl (C=O) groups is 2. The molecule has 146 valence electrons. The fourth-order valence-electron chi connectivity index (χ4n) is 3.28. The minimum atomic E-state index is -0.133. The maximum absolute atomic E-state index is 11.8. The first-order chi connectivity index (χ1) is 12.2. The van der Waals surface area contributed by atoms with Crippen LogP contribution in [0, 0.1) is 0 Å². The average molecular weight is 355 g/mol. The lowest BCUT2D eigenvalue weighted by molar-refractivity contribution is -0.151. The van der Waals surface area contributed by atoms with Gasteiger partial charge in [-0.05, 0) is 44.9 Å². The van der Waals surface area contributed by atoms with Crippen LogP contribution in [0.15, 0.2) is 0 Å². The van der Waals surface area contributed by atoms with Gasteiger partial charge < -0.3 is 9.47 Å². The van der Waals surface area contributed by atoms with E-state index in [4.69, 9.17) is 9.47 Å². The molecule has 0 spiro atoms. The molecule has 0 aromatic heterocycles. The van der Waals surface area contributed by atoms with E-state index >= 15 is 0 Å². The Morgan fingerprint density at radius 1 is 0.760 bits per heavy atom. The number of esters is 2. The predicted octanol–water partition coefficient (Wildman–Crippen LogP) is 5.72. The van der Waals surface area contributed by atoms with Gasteiger partial charge in [-0.15, -0.1) is 0 Å². The van der Waals surface area contributed by atoms with Crippen molar-refractivity contribution in [3.8, 4) is 0 Å². The first-order valence-electron chi connectivity index (χ1n) is 10.6. The molecule has 1 aliphatic rings. The van der Waals surface area contributed by atoms with Crippen molar-refractivity contribution < 1.29 is 19.1 Å². The third-order valence-corrected chi connectivity index (χ3v) is 4.87. The molecule has 1 fully saturated rings. The van der Waals surface area contributed by atoms with E-state index in [1.54, 1.807) is 0 Å². The topological polar surface area (TPSA) is 52.6 Å². The van der Waals surface area contributed by atoms with Crippen LogP contribution in [0.2, 0.25) is 0 Å². The van der Waals surface area contributed by atoms with Gasteiger partial charge in [-0.25, -0.2) is 0 Å². The number of hydrogen-bond donors (Lipinski definition) is 0. The van der Waals surface area contributed by atoms with Crippen LogP contribution in [0.3, 0.4) is 0 Å². The Morgan fingerprint density at radius 3 is 2.04 bits per heavy atom. The Labute approximate surface area is 154 Å². The van der Waals surface area contributed by atoms with Crippen molar-refractivity contribution in [1.29, 1.82) is 0 Å². The zero-order chi connectivity index (χ0) is 18.2. The predicted molar refractivity (Wildman–Crippen MR) is 100 cm³/mol. The highest BCUT2D eigenvalue weighted by Gasteiger charge is 2.17. The maximum atomic E-state index is 11.8. The summed E-state index contributed by atoms with van der Waals surface area (Å²) in [4.78, 5) is 23.4. The average Bonchev–Trinajstić information content (AvgIpc) is 2.62. The first-order valence-corrected chi connectivity index (χ1v) is 10.6. The van der Waals surface area contributed by atoms with Crippen LogP contribution in [-0.4, -0.2) is 24.6 Å². The third-order valence-electron chi connectivity index (χ3n) is 4.87. The van der Waals surface area contributed by atoms with Gasteiger partial charge in [0.2, 0.25) is 0 Å². The Kier molecular flexibility index (Phi) is 13.4. The van der Waals surface area contributed by atoms with Crippen LogP contribution in [0.5, 0.6) is 0 Å². The smallest absolute Gasteiger partial charge is 0.306 e. The molecule has 0 aromatic rings. The molecule has 0 radical (unpaired) electrons.